The Labute approximate surface area is 133 Å². The van der Waals surface area contributed by atoms with Crippen molar-refractivity contribution < 1.29 is 14.3 Å². The largest absolute Gasteiger partial charge is 0.450 e. The summed E-state index contributed by atoms with van der Waals surface area (Å²) in [5, 5.41) is 2.51. The van der Waals surface area contributed by atoms with E-state index in [4.69, 9.17) is 10.5 Å². The second-order valence-electron chi connectivity index (χ2n) is 5.00. The van der Waals surface area contributed by atoms with Gasteiger partial charge in [0.05, 0.1) is 18.8 Å². The molecule has 0 unspecified atom stereocenters. The van der Waals surface area contributed by atoms with Gasteiger partial charge in [0, 0.05) is 5.56 Å². The maximum Gasteiger partial charge on any atom is 0.411 e. The van der Waals surface area contributed by atoms with Gasteiger partial charge in [-0.2, -0.15) is 0 Å². The molecule has 7 heteroatoms. The van der Waals surface area contributed by atoms with Gasteiger partial charge in [-0.15, -0.1) is 0 Å². The van der Waals surface area contributed by atoms with Crippen LogP contribution in [0.1, 0.15) is 22.8 Å². The number of nitrogens with two attached hydrogens (primary N) is 1. The Morgan fingerprint density at radius 2 is 2.13 bits per heavy atom. The van der Waals surface area contributed by atoms with Crippen molar-refractivity contribution in [3.8, 4) is 0 Å². The summed E-state index contributed by atoms with van der Waals surface area (Å²) in [7, 11) is 0. The molecule has 2 aromatic rings. The Balaban J connectivity index is 1.82. The van der Waals surface area contributed by atoms with Crippen molar-refractivity contribution in [2.45, 2.75) is 13.5 Å². The van der Waals surface area contributed by atoms with Crippen molar-refractivity contribution >= 4 is 29.3 Å². The standard InChI is InChI=1S/C16H16N4O3/c1-2-23-16(22)18-12-7-8-13(19-14(12)17)20-9-10-5-3-4-6-11(10)15(20)21/h3-8H,2,9H2,1H3,(H2,17,19)(H,18,22). The summed E-state index contributed by atoms with van der Waals surface area (Å²) in [6.45, 7) is 2.42. The first kappa shape index (κ1) is 14.8. The van der Waals surface area contributed by atoms with E-state index in [0.29, 0.717) is 23.6 Å². The van der Waals surface area contributed by atoms with Crippen LogP contribution in [0.3, 0.4) is 0 Å². The highest BCUT2D eigenvalue weighted by atomic mass is 16.5. The minimum absolute atomic E-state index is 0.112. The molecular weight excluding hydrogens is 296 g/mol. The minimum Gasteiger partial charge on any atom is -0.450 e. The fraction of sp³-hybridized carbons (Fsp3) is 0.188. The average Bonchev–Trinajstić information content (AvgIpc) is 2.87. The highest BCUT2D eigenvalue weighted by molar-refractivity contribution is 6.09. The van der Waals surface area contributed by atoms with Crippen molar-refractivity contribution in [2.75, 3.05) is 22.6 Å². The number of rotatable bonds is 3. The van der Waals surface area contributed by atoms with E-state index in [1.807, 2.05) is 18.2 Å². The maximum atomic E-state index is 12.4. The smallest absolute Gasteiger partial charge is 0.411 e. The molecule has 0 bridgehead atoms. The van der Waals surface area contributed by atoms with Crippen LogP contribution in [0.4, 0.5) is 22.1 Å². The Hall–Kier alpha value is -3.09. The van der Waals surface area contributed by atoms with Gasteiger partial charge in [-0.25, -0.2) is 9.78 Å². The predicted octanol–water partition coefficient (Wildman–Crippen LogP) is 2.39. The van der Waals surface area contributed by atoms with Gasteiger partial charge in [0.2, 0.25) is 0 Å². The van der Waals surface area contributed by atoms with Crippen LogP contribution in [0.5, 0.6) is 0 Å². The van der Waals surface area contributed by atoms with E-state index < -0.39 is 6.09 Å². The fourth-order valence-corrected chi connectivity index (χ4v) is 2.44. The van der Waals surface area contributed by atoms with E-state index in [0.717, 1.165) is 5.56 Å². The van der Waals surface area contributed by atoms with Crippen molar-refractivity contribution in [1.29, 1.82) is 0 Å². The van der Waals surface area contributed by atoms with Crippen molar-refractivity contribution in [2.24, 2.45) is 0 Å². The molecule has 7 nitrogen and oxygen atoms in total. The number of nitrogens with zero attached hydrogens (tertiary/aromatic N) is 2. The minimum atomic E-state index is -0.599. The number of anilines is 3. The molecule has 0 atom stereocenters. The number of ether oxygens (including phenoxy) is 1. The zero-order valence-electron chi connectivity index (χ0n) is 12.6. The highest BCUT2D eigenvalue weighted by Gasteiger charge is 2.29. The highest BCUT2D eigenvalue weighted by Crippen LogP contribution is 2.29. The molecule has 0 saturated heterocycles. The molecule has 1 aliphatic rings. The Morgan fingerprint density at radius 1 is 1.35 bits per heavy atom. The van der Waals surface area contributed by atoms with Crippen LogP contribution in [-0.4, -0.2) is 23.6 Å². The lowest BCUT2D eigenvalue weighted by molar-refractivity contribution is 0.0996. The molecule has 1 aromatic heterocycles. The summed E-state index contributed by atoms with van der Waals surface area (Å²) in [5.74, 6) is 0.455. The van der Waals surface area contributed by atoms with Crippen molar-refractivity contribution in [1.82, 2.24) is 4.98 Å². The predicted molar refractivity (Wildman–Crippen MR) is 86.2 cm³/mol. The van der Waals surface area contributed by atoms with E-state index >= 15 is 0 Å². The molecule has 1 aliphatic heterocycles. The lowest BCUT2D eigenvalue weighted by atomic mass is 10.1. The number of hydrogen-bond donors (Lipinski definition) is 2. The number of carbonyl (C=O) groups is 2. The second kappa shape index (κ2) is 5.96. The van der Waals surface area contributed by atoms with Crippen LogP contribution in [0, 0.1) is 0 Å². The molecular formula is C16H16N4O3. The van der Waals surface area contributed by atoms with Gasteiger partial charge in [-0.05, 0) is 30.7 Å². The molecule has 3 N–H and O–H groups in total. The molecule has 118 valence electrons. The number of nitrogen functional groups attached to an aromatic ring is 1. The number of nitrogens with one attached hydrogen (secondary N) is 1. The van der Waals surface area contributed by atoms with Crippen molar-refractivity contribution in [3.63, 3.8) is 0 Å². The summed E-state index contributed by atoms with van der Waals surface area (Å²) in [4.78, 5) is 29.6. The summed E-state index contributed by atoms with van der Waals surface area (Å²) >= 11 is 0. The van der Waals surface area contributed by atoms with Crippen LogP contribution in [0.25, 0.3) is 0 Å². The van der Waals surface area contributed by atoms with Gasteiger partial charge < -0.3 is 10.5 Å². The summed E-state index contributed by atoms with van der Waals surface area (Å²) in [6, 6.07) is 10.7. The summed E-state index contributed by atoms with van der Waals surface area (Å²) in [6.07, 6.45) is -0.599. The summed E-state index contributed by atoms with van der Waals surface area (Å²) in [5.41, 5.74) is 7.83. The zero-order chi connectivity index (χ0) is 16.4. The van der Waals surface area contributed by atoms with E-state index in [-0.39, 0.29) is 18.3 Å². The van der Waals surface area contributed by atoms with Gasteiger partial charge in [-0.1, -0.05) is 18.2 Å². The third-order valence-corrected chi connectivity index (χ3v) is 3.52. The quantitative estimate of drug-likeness (QED) is 0.907. The number of carbonyl (C=O) groups excluding carboxylic acids is 2. The molecule has 0 saturated carbocycles. The number of fused-ring (bicyclic) bond motifs is 1. The van der Waals surface area contributed by atoms with Crippen LogP contribution < -0.4 is 16.0 Å². The third kappa shape index (κ3) is 2.80. The Kier molecular flexibility index (Phi) is 3.84. The van der Waals surface area contributed by atoms with Crippen LogP contribution in [0.2, 0.25) is 0 Å². The first-order chi connectivity index (χ1) is 11.1. The van der Waals surface area contributed by atoms with Gasteiger partial charge >= 0.3 is 6.09 Å². The molecule has 0 aliphatic carbocycles. The first-order valence-corrected chi connectivity index (χ1v) is 7.20. The van der Waals surface area contributed by atoms with Crippen molar-refractivity contribution in [3.05, 3.63) is 47.5 Å². The van der Waals surface area contributed by atoms with E-state index in [9.17, 15) is 9.59 Å². The Bertz CT molecular complexity index is 776. The number of benzene rings is 1. The third-order valence-electron chi connectivity index (χ3n) is 3.52. The Morgan fingerprint density at radius 3 is 2.83 bits per heavy atom. The number of amides is 2. The average molecular weight is 312 g/mol. The molecule has 0 spiro atoms. The van der Waals surface area contributed by atoms with E-state index in [1.54, 1.807) is 30.0 Å². The molecule has 2 heterocycles. The summed E-state index contributed by atoms with van der Waals surface area (Å²) < 4.78 is 4.79. The van der Waals surface area contributed by atoms with Gasteiger partial charge in [0.25, 0.3) is 5.91 Å². The van der Waals surface area contributed by atoms with E-state index in [1.165, 1.54) is 0 Å². The SMILES string of the molecule is CCOC(=O)Nc1ccc(N2Cc3ccccc3C2=O)nc1N. The number of hydrogen-bond acceptors (Lipinski definition) is 5. The van der Waals surface area contributed by atoms with Gasteiger partial charge in [0.1, 0.15) is 11.6 Å². The van der Waals surface area contributed by atoms with Crippen LogP contribution in [-0.2, 0) is 11.3 Å². The van der Waals surface area contributed by atoms with Gasteiger partial charge in [-0.3, -0.25) is 15.0 Å². The molecule has 2 amide bonds. The normalized spacial score (nSPS) is 12.9. The lowest BCUT2D eigenvalue weighted by Gasteiger charge is -2.16. The van der Waals surface area contributed by atoms with Gasteiger partial charge in [0.15, 0.2) is 0 Å². The van der Waals surface area contributed by atoms with E-state index in [2.05, 4.69) is 10.3 Å². The zero-order valence-corrected chi connectivity index (χ0v) is 12.6. The fourth-order valence-electron chi connectivity index (χ4n) is 2.44. The number of pyridine rings is 1. The molecule has 23 heavy (non-hydrogen) atoms. The van der Waals surface area contributed by atoms with Crippen LogP contribution >= 0.6 is 0 Å². The molecule has 1 aromatic carbocycles. The van der Waals surface area contributed by atoms with Crippen LogP contribution in [0.15, 0.2) is 36.4 Å². The molecule has 3 rings (SSSR count). The molecule has 0 radical (unpaired) electrons. The monoisotopic (exact) mass is 312 g/mol. The second-order valence-corrected chi connectivity index (χ2v) is 5.00. The number of aromatic nitrogens is 1. The molecule has 0 fully saturated rings. The lowest BCUT2D eigenvalue weighted by Crippen LogP contribution is -2.24. The topological polar surface area (TPSA) is 97.5 Å². The maximum absolute atomic E-state index is 12.4. The first-order valence-electron chi connectivity index (χ1n) is 7.20.